The maximum atomic E-state index is 12.6. The molecule has 2 amide bonds. The number of aromatic hydroxyl groups is 1. The lowest BCUT2D eigenvalue weighted by molar-refractivity contribution is -0.118. The fraction of sp³-hybridized carbons (Fsp3) is 0.409. The van der Waals surface area contributed by atoms with Gasteiger partial charge in [-0.3, -0.25) is 4.79 Å². The summed E-state index contributed by atoms with van der Waals surface area (Å²) in [5.41, 5.74) is 2.39. The number of aromatic nitrogens is 2. The SMILES string of the molecule is C=CCNC(=O)n1nc(-c2cc(NC(=O)C(C)C)ccc2O)cc1C1CCCC1. The minimum absolute atomic E-state index is 0.0432. The summed E-state index contributed by atoms with van der Waals surface area (Å²) in [4.78, 5) is 24.6. The third kappa shape index (κ3) is 4.67. The van der Waals surface area contributed by atoms with Crippen LogP contribution >= 0.6 is 0 Å². The zero-order valence-corrected chi connectivity index (χ0v) is 16.9. The monoisotopic (exact) mass is 396 g/mol. The van der Waals surface area contributed by atoms with Crippen LogP contribution in [-0.2, 0) is 4.79 Å². The van der Waals surface area contributed by atoms with E-state index in [1.54, 1.807) is 18.2 Å². The zero-order chi connectivity index (χ0) is 21.0. The van der Waals surface area contributed by atoms with E-state index < -0.39 is 0 Å². The van der Waals surface area contributed by atoms with Crippen LogP contribution in [0.4, 0.5) is 10.5 Å². The Hall–Kier alpha value is -3.09. The van der Waals surface area contributed by atoms with Crippen molar-refractivity contribution in [2.75, 3.05) is 11.9 Å². The van der Waals surface area contributed by atoms with E-state index in [4.69, 9.17) is 0 Å². The summed E-state index contributed by atoms with van der Waals surface area (Å²) < 4.78 is 1.40. The van der Waals surface area contributed by atoms with Gasteiger partial charge in [0.25, 0.3) is 0 Å². The number of hydrogen-bond acceptors (Lipinski definition) is 4. The predicted octanol–water partition coefficient (Wildman–Crippen LogP) is 4.25. The van der Waals surface area contributed by atoms with Crippen LogP contribution in [0.5, 0.6) is 5.75 Å². The minimum Gasteiger partial charge on any atom is -0.507 e. The van der Waals surface area contributed by atoms with Crippen molar-refractivity contribution in [2.24, 2.45) is 5.92 Å². The van der Waals surface area contributed by atoms with Gasteiger partial charge in [-0.05, 0) is 37.1 Å². The smallest absolute Gasteiger partial charge is 0.342 e. The largest absolute Gasteiger partial charge is 0.507 e. The maximum absolute atomic E-state index is 12.6. The molecule has 1 saturated carbocycles. The van der Waals surface area contributed by atoms with E-state index in [-0.39, 0.29) is 29.5 Å². The van der Waals surface area contributed by atoms with E-state index >= 15 is 0 Å². The van der Waals surface area contributed by atoms with Gasteiger partial charge >= 0.3 is 6.03 Å². The van der Waals surface area contributed by atoms with Gasteiger partial charge in [0.05, 0.1) is 11.4 Å². The molecule has 0 unspecified atom stereocenters. The molecule has 1 fully saturated rings. The van der Waals surface area contributed by atoms with Gasteiger partial charge in [0.2, 0.25) is 5.91 Å². The number of anilines is 1. The number of carbonyl (C=O) groups excluding carboxylic acids is 2. The molecule has 1 heterocycles. The molecule has 0 aliphatic heterocycles. The second-order valence-electron chi connectivity index (χ2n) is 7.70. The number of amides is 2. The quantitative estimate of drug-likeness (QED) is 0.502. The molecule has 0 saturated heterocycles. The predicted molar refractivity (Wildman–Crippen MR) is 113 cm³/mol. The summed E-state index contributed by atoms with van der Waals surface area (Å²) >= 11 is 0. The van der Waals surface area contributed by atoms with E-state index in [2.05, 4.69) is 22.3 Å². The lowest BCUT2D eigenvalue weighted by Gasteiger charge is -2.11. The first kappa shape index (κ1) is 20.6. The van der Waals surface area contributed by atoms with Crippen molar-refractivity contribution in [1.29, 1.82) is 0 Å². The molecule has 154 valence electrons. The van der Waals surface area contributed by atoms with Crippen LogP contribution < -0.4 is 10.6 Å². The molecule has 29 heavy (non-hydrogen) atoms. The van der Waals surface area contributed by atoms with E-state index in [0.29, 0.717) is 23.5 Å². The van der Waals surface area contributed by atoms with Gasteiger partial charge < -0.3 is 15.7 Å². The summed E-state index contributed by atoms with van der Waals surface area (Å²) in [5.74, 6) is 0.0370. The highest BCUT2D eigenvalue weighted by Gasteiger charge is 2.26. The van der Waals surface area contributed by atoms with E-state index in [9.17, 15) is 14.7 Å². The van der Waals surface area contributed by atoms with Crippen LogP contribution in [0.1, 0.15) is 51.1 Å². The summed E-state index contributed by atoms with van der Waals surface area (Å²) in [5, 5.41) is 20.5. The van der Waals surface area contributed by atoms with Crippen molar-refractivity contribution in [3.05, 3.63) is 42.6 Å². The van der Waals surface area contributed by atoms with Crippen LogP contribution in [0.25, 0.3) is 11.3 Å². The van der Waals surface area contributed by atoms with Crippen molar-refractivity contribution in [3.8, 4) is 17.0 Å². The Morgan fingerprint density at radius 1 is 1.31 bits per heavy atom. The third-order valence-electron chi connectivity index (χ3n) is 5.16. The Kier molecular flexibility index (Phi) is 6.36. The first-order valence-electron chi connectivity index (χ1n) is 10.0. The number of carbonyl (C=O) groups is 2. The summed E-state index contributed by atoms with van der Waals surface area (Å²) in [7, 11) is 0. The minimum atomic E-state index is -0.318. The average molecular weight is 396 g/mol. The lowest BCUT2D eigenvalue weighted by Crippen LogP contribution is -2.31. The van der Waals surface area contributed by atoms with E-state index in [0.717, 1.165) is 31.4 Å². The number of phenols is 1. The topological polar surface area (TPSA) is 96.3 Å². The molecule has 0 spiro atoms. The van der Waals surface area contributed by atoms with Crippen LogP contribution in [0.3, 0.4) is 0 Å². The molecular weight excluding hydrogens is 368 g/mol. The lowest BCUT2D eigenvalue weighted by atomic mass is 10.0. The zero-order valence-electron chi connectivity index (χ0n) is 16.9. The number of hydrogen-bond donors (Lipinski definition) is 3. The molecular formula is C22H28N4O3. The van der Waals surface area contributed by atoms with E-state index in [1.807, 2.05) is 19.9 Å². The Morgan fingerprint density at radius 2 is 2.03 bits per heavy atom. The third-order valence-corrected chi connectivity index (χ3v) is 5.16. The van der Waals surface area contributed by atoms with Gasteiger partial charge in [0.15, 0.2) is 0 Å². The highest BCUT2D eigenvalue weighted by Crippen LogP contribution is 2.38. The van der Waals surface area contributed by atoms with Crippen LogP contribution in [-0.4, -0.2) is 33.4 Å². The number of benzene rings is 1. The van der Waals surface area contributed by atoms with Crippen molar-refractivity contribution >= 4 is 17.6 Å². The number of phenolic OH excluding ortho intramolecular Hbond substituents is 1. The molecule has 0 bridgehead atoms. The Balaban J connectivity index is 1.98. The van der Waals surface area contributed by atoms with Gasteiger partial charge in [-0.25, -0.2) is 4.79 Å². The average Bonchev–Trinajstić information content (AvgIpc) is 3.37. The molecule has 2 aromatic rings. The van der Waals surface area contributed by atoms with Gasteiger partial charge in [-0.1, -0.05) is 32.8 Å². The Bertz CT molecular complexity index is 911. The van der Waals surface area contributed by atoms with Crippen LogP contribution in [0.15, 0.2) is 36.9 Å². The van der Waals surface area contributed by atoms with Gasteiger partial charge in [-0.2, -0.15) is 9.78 Å². The molecule has 1 aliphatic rings. The highest BCUT2D eigenvalue weighted by molar-refractivity contribution is 5.93. The molecule has 0 atom stereocenters. The molecule has 7 nitrogen and oxygen atoms in total. The maximum Gasteiger partial charge on any atom is 0.342 e. The first-order chi connectivity index (χ1) is 13.9. The van der Waals surface area contributed by atoms with Crippen molar-refractivity contribution in [1.82, 2.24) is 15.1 Å². The normalized spacial score (nSPS) is 14.2. The number of nitrogens with one attached hydrogen (secondary N) is 2. The van der Waals surface area contributed by atoms with Crippen molar-refractivity contribution < 1.29 is 14.7 Å². The van der Waals surface area contributed by atoms with Crippen molar-refractivity contribution in [3.63, 3.8) is 0 Å². The van der Waals surface area contributed by atoms with Gasteiger partial charge in [0, 0.05) is 29.6 Å². The molecule has 3 rings (SSSR count). The number of nitrogens with zero attached hydrogens (tertiary/aromatic N) is 2. The first-order valence-corrected chi connectivity index (χ1v) is 10.0. The van der Waals surface area contributed by atoms with Gasteiger partial charge in [-0.15, -0.1) is 6.58 Å². The molecule has 3 N–H and O–H groups in total. The standard InChI is InChI=1S/C22H28N4O3/c1-4-11-23-22(29)26-19(15-7-5-6-8-15)13-18(25-26)17-12-16(9-10-20(17)27)24-21(28)14(2)3/h4,9-10,12-15,27H,1,5-8,11H2,2-3H3,(H,23,29)(H,24,28). The molecule has 1 aromatic carbocycles. The van der Waals surface area contributed by atoms with Crippen LogP contribution in [0.2, 0.25) is 0 Å². The second-order valence-corrected chi connectivity index (χ2v) is 7.70. The van der Waals surface area contributed by atoms with Crippen molar-refractivity contribution in [2.45, 2.75) is 45.4 Å². The Labute approximate surface area is 170 Å². The summed E-state index contributed by atoms with van der Waals surface area (Å²) in [6, 6.07) is 6.40. The van der Waals surface area contributed by atoms with Gasteiger partial charge in [0.1, 0.15) is 5.75 Å². The Morgan fingerprint density at radius 3 is 2.69 bits per heavy atom. The molecule has 1 aromatic heterocycles. The fourth-order valence-electron chi connectivity index (χ4n) is 3.54. The van der Waals surface area contributed by atoms with Crippen LogP contribution in [0, 0.1) is 5.92 Å². The second kappa shape index (κ2) is 8.94. The molecule has 0 radical (unpaired) electrons. The highest BCUT2D eigenvalue weighted by atomic mass is 16.3. The summed E-state index contributed by atoms with van der Waals surface area (Å²) in [6.45, 7) is 7.60. The molecule has 1 aliphatic carbocycles. The molecule has 7 heteroatoms. The number of rotatable bonds is 6. The fourth-order valence-corrected chi connectivity index (χ4v) is 3.54. The summed E-state index contributed by atoms with van der Waals surface area (Å²) in [6.07, 6.45) is 5.89. The van der Waals surface area contributed by atoms with E-state index in [1.165, 1.54) is 10.7 Å².